The van der Waals surface area contributed by atoms with Gasteiger partial charge < -0.3 is 14.9 Å². The molecule has 1 aromatic rings. The molecule has 1 rings (SSSR count). The summed E-state index contributed by atoms with van der Waals surface area (Å²) in [7, 11) is 5.54. The number of aliphatic hydroxyl groups is 1. The van der Waals surface area contributed by atoms with Crippen molar-refractivity contribution in [2.45, 2.75) is 30.9 Å². The Balaban J connectivity index is 2.57. The average molecular weight is 296 g/mol. The van der Waals surface area contributed by atoms with Gasteiger partial charge in [-0.05, 0) is 49.9 Å². The highest BCUT2D eigenvalue weighted by molar-refractivity contribution is 8.13. The van der Waals surface area contributed by atoms with E-state index in [0.29, 0.717) is 0 Å². The Bertz CT molecular complexity index is 436. The summed E-state index contributed by atoms with van der Waals surface area (Å²) in [5.41, 5.74) is 1.18. The molecule has 1 aromatic carbocycles. The van der Waals surface area contributed by atoms with Crippen molar-refractivity contribution in [3.63, 3.8) is 0 Å². The topological polar surface area (TPSA) is 43.8 Å². The first-order valence-corrected chi connectivity index (χ1v) is 7.55. The molecule has 112 valence electrons. The van der Waals surface area contributed by atoms with E-state index < -0.39 is 0 Å². The van der Waals surface area contributed by atoms with Crippen LogP contribution >= 0.6 is 11.8 Å². The van der Waals surface area contributed by atoms with Gasteiger partial charge in [0.2, 0.25) is 0 Å². The van der Waals surface area contributed by atoms with Crippen molar-refractivity contribution in [2.24, 2.45) is 0 Å². The first kappa shape index (κ1) is 17.0. The summed E-state index contributed by atoms with van der Waals surface area (Å²) in [6, 6.07) is 8.03. The maximum Gasteiger partial charge on any atom is 0.285 e. The van der Waals surface area contributed by atoms with Crippen LogP contribution in [0.5, 0.6) is 0 Å². The van der Waals surface area contributed by atoms with Crippen molar-refractivity contribution >= 4 is 17.0 Å². The van der Waals surface area contributed by atoms with E-state index in [0.717, 1.165) is 24.4 Å². The summed E-state index contributed by atoms with van der Waals surface area (Å²) >= 11 is 1.24. The van der Waals surface area contributed by atoms with Gasteiger partial charge in [0.25, 0.3) is 5.24 Å². The molecule has 0 saturated carbocycles. The smallest absolute Gasteiger partial charge is 0.285 e. The van der Waals surface area contributed by atoms with Crippen LogP contribution in [0.25, 0.3) is 0 Å². The normalized spacial score (nSPS) is 12.5. The molecule has 0 saturated heterocycles. The monoisotopic (exact) mass is 296 g/mol. The number of hydrogen-bond acceptors (Lipinski definition) is 4. The van der Waals surface area contributed by atoms with Crippen molar-refractivity contribution in [3.05, 3.63) is 29.8 Å². The average Bonchev–Trinajstić information content (AvgIpc) is 2.36. The van der Waals surface area contributed by atoms with Crippen molar-refractivity contribution in [3.8, 4) is 0 Å². The number of rotatable bonds is 6. The predicted molar refractivity (Wildman–Crippen MR) is 84.0 cm³/mol. The van der Waals surface area contributed by atoms with Gasteiger partial charge in [-0.1, -0.05) is 12.1 Å². The molecule has 4 nitrogen and oxygen atoms in total. The van der Waals surface area contributed by atoms with Gasteiger partial charge >= 0.3 is 0 Å². The number of amides is 1. The van der Waals surface area contributed by atoms with E-state index in [4.69, 9.17) is 0 Å². The van der Waals surface area contributed by atoms with Crippen LogP contribution < -0.4 is 0 Å². The zero-order chi connectivity index (χ0) is 15.1. The molecule has 1 atom stereocenters. The van der Waals surface area contributed by atoms with Gasteiger partial charge in [-0.25, -0.2) is 0 Å². The van der Waals surface area contributed by atoms with Gasteiger partial charge in [0, 0.05) is 32.1 Å². The fourth-order valence-electron chi connectivity index (χ4n) is 1.70. The second-order valence-electron chi connectivity index (χ2n) is 5.29. The molecule has 0 heterocycles. The molecule has 5 heteroatoms. The molecular weight excluding hydrogens is 272 g/mol. The Hall–Kier alpha value is -1.04. The minimum Gasteiger partial charge on any atom is -0.393 e. The molecule has 0 aromatic heterocycles. The second kappa shape index (κ2) is 8.29. The van der Waals surface area contributed by atoms with Gasteiger partial charge in [-0.2, -0.15) is 0 Å². The number of carbonyl (C=O) groups excluding carboxylic acids is 1. The molecule has 0 fully saturated rings. The van der Waals surface area contributed by atoms with Crippen LogP contribution in [-0.4, -0.2) is 53.9 Å². The zero-order valence-corrected chi connectivity index (χ0v) is 13.5. The fraction of sp³-hybridized carbons (Fsp3) is 0.533. The summed E-state index contributed by atoms with van der Waals surface area (Å²) < 4.78 is 0. The third-order valence-corrected chi connectivity index (χ3v) is 3.88. The molecule has 0 aliphatic heterocycles. The van der Waals surface area contributed by atoms with Crippen LogP contribution in [0, 0.1) is 0 Å². The third kappa shape index (κ3) is 6.41. The number of thioether (sulfide) groups is 1. The molecule has 0 bridgehead atoms. The van der Waals surface area contributed by atoms with E-state index >= 15 is 0 Å². The van der Waals surface area contributed by atoms with Crippen molar-refractivity contribution < 1.29 is 9.90 Å². The Morgan fingerprint density at radius 1 is 1.35 bits per heavy atom. The summed E-state index contributed by atoms with van der Waals surface area (Å²) in [4.78, 5) is 16.4. The Labute approximate surface area is 125 Å². The van der Waals surface area contributed by atoms with E-state index in [2.05, 4.69) is 11.0 Å². The molecular formula is C15H24N2O2S. The second-order valence-corrected chi connectivity index (χ2v) is 6.31. The van der Waals surface area contributed by atoms with Gasteiger partial charge in [0.05, 0.1) is 6.10 Å². The number of aliphatic hydroxyl groups excluding tert-OH is 1. The van der Waals surface area contributed by atoms with Crippen LogP contribution in [-0.2, 0) is 6.54 Å². The highest BCUT2D eigenvalue weighted by Gasteiger charge is 2.08. The Morgan fingerprint density at radius 3 is 2.65 bits per heavy atom. The molecule has 0 spiro atoms. The molecule has 1 amide bonds. The van der Waals surface area contributed by atoms with Gasteiger partial charge in [0.1, 0.15) is 0 Å². The molecule has 0 radical (unpaired) electrons. The van der Waals surface area contributed by atoms with Crippen molar-refractivity contribution in [1.29, 1.82) is 0 Å². The van der Waals surface area contributed by atoms with Gasteiger partial charge in [0.15, 0.2) is 0 Å². The molecule has 20 heavy (non-hydrogen) atoms. The highest BCUT2D eigenvalue weighted by Crippen LogP contribution is 2.22. The molecule has 0 aliphatic carbocycles. The molecule has 1 N–H and O–H groups in total. The van der Waals surface area contributed by atoms with E-state index in [1.807, 2.05) is 25.2 Å². The number of nitrogens with zero attached hydrogens (tertiary/aromatic N) is 2. The van der Waals surface area contributed by atoms with Crippen LogP contribution in [0.4, 0.5) is 4.79 Å². The van der Waals surface area contributed by atoms with Crippen LogP contribution in [0.1, 0.15) is 18.9 Å². The number of hydrogen-bond donors (Lipinski definition) is 1. The lowest BCUT2D eigenvalue weighted by molar-refractivity contribution is 0.163. The fourth-order valence-corrected chi connectivity index (χ4v) is 2.44. The summed E-state index contributed by atoms with van der Waals surface area (Å²) in [5.74, 6) is 0. The molecule has 0 aliphatic rings. The van der Waals surface area contributed by atoms with Crippen molar-refractivity contribution in [1.82, 2.24) is 9.80 Å². The van der Waals surface area contributed by atoms with Crippen LogP contribution in [0.15, 0.2) is 29.2 Å². The summed E-state index contributed by atoms with van der Waals surface area (Å²) in [5, 5.41) is 9.32. The lowest BCUT2D eigenvalue weighted by Crippen LogP contribution is -2.22. The first-order valence-electron chi connectivity index (χ1n) is 6.73. The first-order chi connectivity index (χ1) is 9.38. The predicted octanol–water partition coefficient (Wildman–Crippen LogP) is 2.66. The van der Waals surface area contributed by atoms with E-state index in [-0.39, 0.29) is 11.3 Å². The maximum atomic E-state index is 11.7. The SMILES string of the molecule is CC(O)CCN(C)Cc1cccc(SC(=O)N(C)C)c1. The highest BCUT2D eigenvalue weighted by atomic mass is 32.2. The van der Waals surface area contributed by atoms with Crippen LogP contribution in [0.3, 0.4) is 0 Å². The zero-order valence-electron chi connectivity index (χ0n) is 12.7. The summed E-state index contributed by atoms with van der Waals surface area (Å²) in [6.45, 7) is 3.47. The van der Waals surface area contributed by atoms with Crippen LogP contribution in [0.2, 0.25) is 0 Å². The van der Waals surface area contributed by atoms with E-state index in [9.17, 15) is 9.90 Å². The minimum absolute atomic E-state index is 0.0320. The summed E-state index contributed by atoms with van der Waals surface area (Å²) in [6.07, 6.45) is 0.501. The number of benzene rings is 1. The third-order valence-electron chi connectivity index (χ3n) is 2.85. The standard InChI is InChI=1S/C15H24N2O2S/c1-12(18)8-9-17(4)11-13-6-5-7-14(10-13)20-15(19)16(2)3/h5-7,10,12,18H,8-9,11H2,1-4H3. The van der Waals surface area contributed by atoms with E-state index in [1.165, 1.54) is 17.3 Å². The van der Waals surface area contributed by atoms with E-state index in [1.54, 1.807) is 25.9 Å². The Kier molecular flexibility index (Phi) is 7.05. The quantitative estimate of drug-likeness (QED) is 0.820. The minimum atomic E-state index is -0.267. The van der Waals surface area contributed by atoms with Gasteiger partial charge in [-0.15, -0.1) is 0 Å². The van der Waals surface area contributed by atoms with Crippen molar-refractivity contribution in [2.75, 3.05) is 27.7 Å². The lowest BCUT2D eigenvalue weighted by atomic mass is 10.2. The Morgan fingerprint density at radius 2 is 2.05 bits per heavy atom. The maximum absolute atomic E-state index is 11.7. The largest absolute Gasteiger partial charge is 0.393 e. The lowest BCUT2D eigenvalue weighted by Gasteiger charge is -2.18. The van der Waals surface area contributed by atoms with Gasteiger partial charge in [-0.3, -0.25) is 4.79 Å². The number of carbonyl (C=O) groups is 1. The molecule has 1 unspecified atom stereocenters.